The van der Waals surface area contributed by atoms with E-state index in [4.69, 9.17) is 4.74 Å². The van der Waals surface area contributed by atoms with E-state index in [1.165, 1.54) is 19.2 Å². The molecule has 1 unspecified atom stereocenters. The van der Waals surface area contributed by atoms with E-state index in [0.29, 0.717) is 5.56 Å². The summed E-state index contributed by atoms with van der Waals surface area (Å²) in [5.41, 5.74) is 0.415. The summed E-state index contributed by atoms with van der Waals surface area (Å²) in [5.74, 6) is -1.42. The van der Waals surface area contributed by atoms with Crippen molar-refractivity contribution in [1.82, 2.24) is 0 Å². The highest BCUT2D eigenvalue weighted by Crippen LogP contribution is 2.32. The van der Waals surface area contributed by atoms with Crippen molar-refractivity contribution in [3.8, 4) is 11.8 Å². The Morgan fingerprint density at radius 1 is 1.47 bits per heavy atom. The molecule has 1 aliphatic carbocycles. The number of halogens is 1. The van der Waals surface area contributed by atoms with Crippen LogP contribution in [0.5, 0.6) is 5.75 Å². The van der Waals surface area contributed by atoms with E-state index in [0.717, 1.165) is 25.7 Å². The Morgan fingerprint density at radius 3 is 2.68 bits per heavy atom. The van der Waals surface area contributed by atoms with Gasteiger partial charge in [0.1, 0.15) is 5.92 Å². The van der Waals surface area contributed by atoms with Gasteiger partial charge in [-0.1, -0.05) is 18.9 Å². The van der Waals surface area contributed by atoms with Gasteiger partial charge in [0.05, 0.1) is 13.2 Å². The summed E-state index contributed by atoms with van der Waals surface area (Å²) in [6, 6.07) is 6.27. The molecule has 0 aromatic heterocycles. The van der Waals surface area contributed by atoms with Crippen LogP contribution in [-0.4, -0.2) is 12.9 Å². The van der Waals surface area contributed by atoms with Crippen LogP contribution in [0.1, 0.15) is 37.2 Å². The molecule has 0 amide bonds. The molecule has 0 bridgehead atoms. The predicted molar refractivity (Wildman–Crippen MR) is 68.3 cm³/mol. The lowest BCUT2D eigenvalue weighted by Gasteiger charge is -2.14. The number of nitriles is 1. The third kappa shape index (κ3) is 2.76. The first-order valence-corrected chi connectivity index (χ1v) is 6.44. The Kier molecular flexibility index (Phi) is 4.16. The van der Waals surface area contributed by atoms with E-state index >= 15 is 0 Å². The molecule has 0 spiro atoms. The fraction of sp³-hybridized carbons (Fsp3) is 0.467. The second-order valence-corrected chi connectivity index (χ2v) is 4.84. The van der Waals surface area contributed by atoms with Gasteiger partial charge >= 0.3 is 0 Å². The van der Waals surface area contributed by atoms with E-state index in [1.807, 2.05) is 6.07 Å². The lowest BCUT2D eigenvalue weighted by molar-refractivity contribution is -0.123. The third-order valence-electron chi connectivity index (χ3n) is 3.68. The topological polar surface area (TPSA) is 50.1 Å². The summed E-state index contributed by atoms with van der Waals surface area (Å²) in [7, 11) is 1.38. The van der Waals surface area contributed by atoms with Gasteiger partial charge in [0.25, 0.3) is 0 Å². The molecule has 1 aliphatic rings. The maximum atomic E-state index is 13.6. The van der Waals surface area contributed by atoms with Gasteiger partial charge in [-0.3, -0.25) is 4.79 Å². The van der Waals surface area contributed by atoms with Crippen LogP contribution in [0.3, 0.4) is 0 Å². The molecule has 100 valence electrons. The van der Waals surface area contributed by atoms with Crippen molar-refractivity contribution < 1.29 is 13.9 Å². The van der Waals surface area contributed by atoms with Gasteiger partial charge in [-0.05, 0) is 30.5 Å². The second-order valence-electron chi connectivity index (χ2n) is 4.84. The van der Waals surface area contributed by atoms with Crippen molar-refractivity contribution in [2.75, 3.05) is 7.11 Å². The van der Waals surface area contributed by atoms with Crippen LogP contribution < -0.4 is 4.74 Å². The SMILES string of the molecule is COc1ccc(C(C#N)C(=O)C2CCCC2)cc1F. The summed E-state index contributed by atoms with van der Waals surface area (Å²) in [4.78, 5) is 12.3. The maximum absolute atomic E-state index is 13.6. The largest absolute Gasteiger partial charge is 0.494 e. The molecule has 4 heteroatoms. The van der Waals surface area contributed by atoms with Crippen molar-refractivity contribution in [3.63, 3.8) is 0 Å². The van der Waals surface area contributed by atoms with E-state index in [9.17, 15) is 14.4 Å². The van der Waals surface area contributed by atoms with Gasteiger partial charge in [0.2, 0.25) is 0 Å². The number of carbonyl (C=O) groups is 1. The number of hydrogen-bond donors (Lipinski definition) is 0. The molecular formula is C15H16FNO2. The number of ketones is 1. The van der Waals surface area contributed by atoms with Crippen molar-refractivity contribution in [2.45, 2.75) is 31.6 Å². The number of carbonyl (C=O) groups excluding carboxylic acids is 1. The Bertz CT molecular complexity index is 515. The third-order valence-corrected chi connectivity index (χ3v) is 3.68. The van der Waals surface area contributed by atoms with Crippen LogP contribution in [-0.2, 0) is 4.79 Å². The molecule has 1 aromatic rings. The van der Waals surface area contributed by atoms with E-state index in [2.05, 4.69) is 0 Å². The fourth-order valence-corrected chi connectivity index (χ4v) is 2.61. The smallest absolute Gasteiger partial charge is 0.165 e. The Hall–Kier alpha value is -1.89. The van der Waals surface area contributed by atoms with Gasteiger partial charge in [-0.25, -0.2) is 4.39 Å². The van der Waals surface area contributed by atoms with Crippen LogP contribution in [0.2, 0.25) is 0 Å². The summed E-state index contributed by atoms with van der Waals surface area (Å²) in [6.45, 7) is 0. The number of nitrogens with zero attached hydrogens (tertiary/aromatic N) is 1. The molecule has 19 heavy (non-hydrogen) atoms. The first-order valence-electron chi connectivity index (χ1n) is 6.44. The highest BCUT2D eigenvalue weighted by Gasteiger charge is 2.30. The minimum absolute atomic E-state index is 0.0465. The van der Waals surface area contributed by atoms with Crippen molar-refractivity contribution in [3.05, 3.63) is 29.6 Å². The fourth-order valence-electron chi connectivity index (χ4n) is 2.61. The van der Waals surface area contributed by atoms with Crippen LogP contribution >= 0.6 is 0 Å². The Morgan fingerprint density at radius 2 is 2.16 bits per heavy atom. The lowest BCUT2D eigenvalue weighted by Crippen LogP contribution is -2.19. The number of methoxy groups -OCH3 is 1. The molecule has 0 heterocycles. The van der Waals surface area contributed by atoms with Gasteiger partial charge in [0, 0.05) is 5.92 Å². The summed E-state index contributed by atoms with van der Waals surface area (Å²) in [5, 5.41) is 9.20. The number of Topliss-reactive ketones (excluding diaryl/α,β-unsaturated/α-hetero) is 1. The highest BCUT2D eigenvalue weighted by atomic mass is 19.1. The molecule has 2 rings (SSSR count). The zero-order valence-corrected chi connectivity index (χ0v) is 10.9. The molecular weight excluding hydrogens is 245 g/mol. The second kappa shape index (κ2) is 5.83. The normalized spacial score (nSPS) is 16.9. The Labute approximate surface area is 112 Å². The molecule has 0 saturated heterocycles. The number of benzene rings is 1. The molecule has 1 fully saturated rings. The summed E-state index contributed by atoms with van der Waals surface area (Å²) >= 11 is 0. The van der Waals surface area contributed by atoms with E-state index < -0.39 is 11.7 Å². The quantitative estimate of drug-likeness (QED) is 0.836. The minimum atomic E-state index is -0.872. The number of hydrogen-bond acceptors (Lipinski definition) is 3. The van der Waals surface area contributed by atoms with Gasteiger partial charge < -0.3 is 4.74 Å². The molecule has 3 nitrogen and oxygen atoms in total. The average molecular weight is 261 g/mol. The van der Waals surface area contributed by atoms with Gasteiger partial charge in [0.15, 0.2) is 17.3 Å². The standard InChI is InChI=1S/C15H16FNO2/c1-19-14-7-6-11(8-13(14)16)12(9-17)15(18)10-4-2-3-5-10/h6-8,10,12H,2-5H2,1H3. The first-order chi connectivity index (χ1) is 9.17. The zero-order valence-electron chi connectivity index (χ0n) is 10.9. The van der Waals surface area contributed by atoms with E-state index in [-0.39, 0.29) is 17.5 Å². The Balaban J connectivity index is 2.24. The molecule has 0 N–H and O–H groups in total. The van der Waals surface area contributed by atoms with Gasteiger partial charge in [-0.2, -0.15) is 5.26 Å². The van der Waals surface area contributed by atoms with Crippen molar-refractivity contribution in [1.29, 1.82) is 5.26 Å². The monoisotopic (exact) mass is 261 g/mol. The molecule has 0 radical (unpaired) electrons. The zero-order chi connectivity index (χ0) is 13.8. The van der Waals surface area contributed by atoms with Crippen LogP contribution in [0.15, 0.2) is 18.2 Å². The number of ether oxygens (including phenoxy) is 1. The minimum Gasteiger partial charge on any atom is -0.494 e. The first kappa shape index (κ1) is 13.5. The molecule has 0 aliphatic heterocycles. The average Bonchev–Trinajstić information content (AvgIpc) is 2.93. The van der Waals surface area contributed by atoms with E-state index in [1.54, 1.807) is 6.07 Å². The number of rotatable bonds is 4. The lowest BCUT2D eigenvalue weighted by atomic mass is 9.87. The predicted octanol–water partition coefficient (Wildman–Crippen LogP) is 3.20. The summed E-state index contributed by atoms with van der Waals surface area (Å²) in [6.07, 6.45) is 3.75. The van der Waals surface area contributed by atoms with Crippen LogP contribution in [0, 0.1) is 23.1 Å². The molecule has 1 saturated carbocycles. The van der Waals surface area contributed by atoms with Crippen molar-refractivity contribution in [2.24, 2.45) is 5.92 Å². The van der Waals surface area contributed by atoms with Crippen LogP contribution in [0.4, 0.5) is 4.39 Å². The maximum Gasteiger partial charge on any atom is 0.165 e. The van der Waals surface area contributed by atoms with Crippen molar-refractivity contribution >= 4 is 5.78 Å². The summed E-state index contributed by atoms with van der Waals surface area (Å²) < 4.78 is 18.5. The van der Waals surface area contributed by atoms with Gasteiger partial charge in [-0.15, -0.1) is 0 Å². The van der Waals surface area contributed by atoms with Crippen LogP contribution in [0.25, 0.3) is 0 Å². The highest BCUT2D eigenvalue weighted by molar-refractivity contribution is 5.90. The molecule has 1 atom stereocenters. The molecule has 1 aromatic carbocycles.